The van der Waals surface area contributed by atoms with E-state index in [2.05, 4.69) is 6.07 Å². The second-order valence-electron chi connectivity index (χ2n) is 3.78. The van der Waals surface area contributed by atoms with Crippen molar-refractivity contribution in [1.29, 1.82) is 5.26 Å². The molecule has 0 aromatic heterocycles. The minimum absolute atomic E-state index is 0.207. The molecule has 0 N–H and O–H groups in total. The van der Waals surface area contributed by atoms with Gasteiger partial charge in [0.25, 0.3) is 5.92 Å². The molecule has 0 aliphatic rings. The predicted molar refractivity (Wildman–Crippen MR) is 56.6 cm³/mol. The van der Waals surface area contributed by atoms with Crippen molar-refractivity contribution in [3.8, 4) is 11.8 Å². The van der Waals surface area contributed by atoms with Gasteiger partial charge in [-0.05, 0) is 24.6 Å². The quantitative estimate of drug-likeness (QED) is 0.787. The summed E-state index contributed by atoms with van der Waals surface area (Å²) in [6.45, 7) is 1.94. The molecule has 0 aliphatic heterocycles. The molecule has 4 heteroatoms. The van der Waals surface area contributed by atoms with E-state index in [1.54, 1.807) is 31.2 Å². The van der Waals surface area contributed by atoms with Gasteiger partial charge in [-0.2, -0.15) is 5.26 Å². The van der Waals surface area contributed by atoms with Crippen LogP contribution in [-0.2, 0) is 0 Å². The highest BCUT2D eigenvalue weighted by molar-refractivity contribution is 5.31. The molecule has 16 heavy (non-hydrogen) atoms. The number of hydrogen-bond acceptors (Lipinski definition) is 2. The highest BCUT2D eigenvalue weighted by Crippen LogP contribution is 2.20. The van der Waals surface area contributed by atoms with Crippen molar-refractivity contribution < 1.29 is 13.5 Å². The molecule has 86 valence electrons. The van der Waals surface area contributed by atoms with Crippen LogP contribution in [-0.4, -0.2) is 12.5 Å². The maximum Gasteiger partial charge on any atom is 0.278 e. The van der Waals surface area contributed by atoms with Gasteiger partial charge in [-0.25, -0.2) is 8.78 Å². The lowest BCUT2D eigenvalue weighted by molar-refractivity contribution is -0.0229. The monoisotopic (exact) mass is 225 g/mol. The molecule has 2 nitrogen and oxygen atoms in total. The largest absolute Gasteiger partial charge is 0.487 e. The standard InChI is InChI=1S/C12H13F2NO/c1-9(7-15)10-3-5-11(6-4-10)16-8-12(2,13)14/h3-6,9H,8H2,1-2H3. The number of alkyl halides is 2. The van der Waals surface area contributed by atoms with Gasteiger partial charge in [0.05, 0.1) is 12.0 Å². The van der Waals surface area contributed by atoms with Crippen LogP contribution < -0.4 is 4.74 Å². The molecular weight excluding hydrogens is 212 g/mol. The molecule has 1 atom stereocenters. The molecule has 0 saturated heterocycles. The van der Waals surface area contributed by atoms with Gasteiger partial charge in [-0.15, -0.1) is 0 Å². The average Bonchev–Trinajstić information content (AvgIpc) is 2.25. The maximum atomic E-state index is 12.5. The molecule has 1 aromatic rings. The number of nitrogens with zero attached hydrogens (tertiary/aromatic N) is 1. The van der Waals surface area contributed by atoms with Gasteiger partial charge < -0.3 is 4.74 Å². The van der Waals surface area contributed by atoms with Gasteiger partial charge in [0.15, 0.2) is 6.61 Å². The SMILES string of the molecule is CC(C#N)c1ccc(OCC(C)(F)F)cc1. The van der Waals surface area contributed by atoms with E-state index >= 15 is 0 Å². The van der Waals surface area contributed by atoms with E-state index in [1.165, 1.54) is 0 Å². The minimum atomic E-state index is -2.83. The summed E-state index contributed by atoms with van der Waals surface area (Å²) in [6, 6.07) is 8.69. The second-order valence-corrected chi connectivity index (χ2v) is 3.78. The summed E-state index contributed by atoms with van der Waals surface area (Å²) in [4.78, 5) is 0. The zero-order valence-corrected chi connectivity index (χ0v) is 9.21. The second kappa shape index (κ2) is 4.93. The Hall–Kier alpha value is -1.63. The number of hydrogen-bond donors (Lipinski definition) is 0. The molecule has 1 rings (SSSR count). The van der Waals surface area contributed by atoms with E-state index in [9.17, 15) is 8.78 Å². The topological polar surface area (TPSA) is 33.0 Å². The summed E-state index contributed by atoms with van der Waals surface area (Å²) in [7, 11) is 0. The van der Waals surface area contributed by atoms with Crippen LogP contribution in [0.4, 0.5) is 8.78 Å². The number of ether oxygens (including phenoxy) is 1. The molecule has 0 radical (unpaired) electrons. The van der Waals surface area contributed by atoms with Crippen LogP contribution in [0.15, 0.2) is 24.3 Å². The molecule has 1 aromatic carbocycles. The zero-order chi connectivity index (χ0) is 12.2. The summed E-state index contributed by atoms with van der Waals surface area (Å²) < 4.78 is 29.9. The number of nitriles is 1. The van der Waals surface area contributed by atoms with Gasteiger partial charge in [0, 0.05) is 6.92 Å². The summed E-state index contributed by atoms with van der Waals surface area (Å²) in [5.74, 6) is -2.66. The van der Waals surface area contributed by atoms with Gasteiger partial charge >= 0.3 is 0 Å². The van der Waals surface area contributed by atoms with E-state index in [0.29, 0.717) is 5.75 Å². The third-order valence-electron chi connectivity index (χ3n) is 2.07. The third-order valence-corrected chi connectivity index (χ3v) is 2.07. The van der Waals surface area contributed by atoms with Crippen molar-refractivity contribution >= 4 is 0 Å². The van der Waals surface area contributed by atoms with Crippen molar-refractivity contribution in [3.05, 3.63) is 29.8 Å². The fourth-order valence-electron chi connectivity index (χ4n) is 1.14. The summed E-state index contributed by atoms with van der Waals surface area (Å²) in [5.41, 5.74) is 0.845. The zero-order valence-electron chi connectivity index (χ0n) is 9.21. The lowest BCUT2D eigenvalue weighted by atomic mass is 10.0. The molecule has 0 aliphatic carbocycles. The molecule has 0 amide bonds. The highest BCUT2D eigenvalue weighted by Gasteiger charge is 2.21. The summed E-state index contributed by atoms with van der Waals surface area (Å²) in [5, 5.41) is 8.69. The van der Waals surface area contributed by atoms with Gasteiger partial charge in [-0.3, -0.25) is 0 Å². The van der Waals surface area contributed by atoms with Gasteiger partial charge in [0.2, 0.25) is 0 Å². The van der Waals surface area contributed by atoms with Crippen LogP contribution in [0.3, 0.4) is 0 Å². The lowest BCUT2D eigenvalue weighted by Crippen LogP contribution is -2.20. The Labute approximate surface area is 93.5 Å². The van der Waals surface area contributed by atoms with Crippen molar-refractivity contribution in [2.45, 2.75) is 25.7 Å². The molecule has 0 saturated carbocycles. The first-order valence-electron chi connectivity index (χ1n) is 4.92. The van der Waals surface area contributed by atoms with E-state index < -0.39 is 12.5 Å². The number of benzene rings is 1. The van der Waals surface area contributed by atoms with Gasteiger partial charge in [-0.1, -0.05) is 12.1 Å². The summed E-state index contributed by atoms with van der Waals surface area (Å²) in [6.07, 6.45) is 0. The van der Waals surface area contributed by atoms with Crippen LogP contribution >= 0.6 is 0 Å². The Kier molecular flexibility index (Phi) is 3.83. The number of halogens is 2. The molecule has 0 bridgehead atoms. The minimum Gasteiger partial charge on any atom is -0.487 e. The Morgan fingerprint density at radius 3 is 2.38 bits per heavy atom. The maximum absolute atomic E-state index is 12.5. The first-order chi connectivity index (χ1) is 7.42. The first kappa shape index (κ1) is 12.4. The van der Waals surface area contributed by atoms with Crippen LogP contribution in [0.25, 0.3) is 0 Å². The number of rotatable bonds is 4. The Bertz CT molecular complexity index is 375. The Morgan fingerprint density at radius 2 is 1.94 bits per heavy atom. The van der Waals surface area contributed by atoms with E-state index in [-0.39, 0.29) is 5.92 Å². The van der Waals surface area contributed by atoms with E-state index in [4.69, 9.17) is 10.00 Å². The van der Waals surface area contributed by atoms with Crippen molar-refractivity contribution in [3.63, 3.8) is 0 Å². The Morgan fingerprint density at radius 1 is 1.38 bits per heavy atom. The Balaban J connectivity index is 2.62. The van der Waals surface area contributed by atoms with Crippen LogP contribution in [0.1, 0.15) is 25.3 Å². The van der Waals surface area contributed by atoms with Crippen LogP contribution in [0.2, 0.25) is 0 Å². The van der Waals surface area contributed by atoms with Crippen molar-refractivity contribution in [2.24, 2.45) is 0 Å². The predicted octanol–water partition coefficient (Wildman–Crippen LogP) is 3.35. The molecule has 0 spiro atoms. The fraction of sp³-hybridized carbons (Fsp3) is 0.417. The molecular formula is C12H13F2NO. The smallest absolute Gasteiger partial charge is 0.278 e. The van der Waals surface area contributed by atoms with Crippen LogP contribution in [0, 0.1) is 11.3 Å². The third kappa shape index (κ3) is 3.85. The first-order valence-corrected chi connectivity index (χ1v) is 4.92. The average molecular weight is 225 g/mol. The molecule has 0 heterocycles. The fourth-order valence-corrected chi connectivity index (χ4v) is 1.14. The molecule has 0 fully saturated rings. The summed E-state index contributed by atoms with van der Waals surface area (Å²) >= 11 is 0. The highest BCUT2D eigenvalue weighted by atomic mass is 19.3. The normalized spacial score (nSPS) is 12.9. The van der Waals surface area contributed by atoms with Crippen molar-refractivity contribution in [1.82, 2.24) is 0 Å². The molecule has 1 unspecified atom stereocenters. The van der Waals surface area contributed by atoms with E-state index in [0.717, 1.165) is 12.5 Å². The van der Waals surface area contributed by atoms with Crippen LogP contribution in [0.5, 0.6) is 5.75 Å². The van der Waals surface area contributed by atoms with Crippen molar-refractivity contribution in [2.75, 3.05) is 6.61 Å². The van der Waals surface area contributed by atoms with E-state index in [1.807, 2.05) is 0 Å². The van der Waals surface area contributed by atoms with Gasteiger partial charge in [0.1, 0.15) is 5.75 Å². The lowest BCUT2D eigenvalue weighted by Gasteiger charge is -2.12.